The Hall–Kier alpha value is -3.06. The summed E-state index contributed by atoms with van der Waals surface area (Å²) in [6, 6.07) is 13.3. The van der Waals surface area contributed by atoms with E-state index in [4.69, 9.17) is 0 Å². The fourth-order valence-electron chi connectivity index (χ4n) is 3.69. The van der Waals surface area contributed by atoms with E-state index in [-0.39, 0.29) is 11.5 Å². The molecule has 0 radical (unpaired) electrons. The number of carbonyl (C=O) groups is 1. The first-order chi connectivity index (χ1) is 14.2. The molecule has 0 saturated carbocycles. The third-order valence-corrected chi connectivity index (χ3v) is 5.30. The number of aryl methyl sites for hydroxylation is 1. The van der Waals surface area contributed by atoms with Crippen LogP contribution in [0.15, 0.2) is 53.5 Å². The maximum atomic E-state index is 12.5. The van der Waals surface area contributed by atoms with Crippen LogP contribution in [0.25, 0.3) is 10.9 Å². The molecule has 1 amide bonds. The van der Waals surface area contributed by atoms with E-state index in [1.807, 2.05) is 47.5 Å². The minimum Gasteiger partial charge on any atom is -0.340 e. The highest BCUT2D eigenvalue weighted by Crippen LogP contribution is 2.11. The van der Waals surface area contributed by atoms with E-state index in [2.05, 4.69) is 19.9 Å². The number of nitrogens with one attached hydrogen (secondary N) is 1. The van der Waals surface area contributed by atoms with Crippen LogP contribution in [0.1, 0.15) is 24.4 Å². The lowest BCUT2D eigenvalue weighted by Crippen LogP contribution is -2.48. The maximum absolute atomic E-state index is 12.5. The van der Waals surface area contributed by atoms with Gasteiger partial charge >= 0.3 is 0 Å². The molecule has 0 atom stereocenters. The molecule has 0 spiro atoms. The minimum atomic E-state index is -0.124. The lowest BCUT2D eigenvalue weighted by atomic mass is 10.2. The van der Waals surface area contributed by atoms with Gasteiger partial charge in [-0.05, 0) is 30.7 Å². The monoisotopic (exact) mass is 391 g/mol. The first-order valence-corrected chi connectivity index (χ1v) is 10.1. The van der Waals surface area contributed by atoms with Crippen LogP contribution in [-0.2, 0) is 17.8 Å². The number of amides is 1. The first kappa shape index (κ1) is 19.3. The van der Waals surface area contributed by atoms with E-state index >= 15 is 0 Å². The normalized spacial score (nSPS) is 15.0. The number of aromatic amines is 1. The summed E-state index contributed by atoms with van der Waals surface area (Å²) >= 11 is 0. The van der Waals surface area contributed by atoms with Crippen molar-refractivity contribution in [2.24, 2.45) is 0 Å². The van der Waals surface area contributed by atoms with Crippen LogP contribution >= 0.6 is 0 Å². The van der Waals surface area contributed by atoms with Gasteiger partial charge in [0.1, 0.15) is 5.82 Å². The van der Waals surface area contributed by atoms with E-state index in [1.165, 1.54) is 0 Å². The Bertz CT molecular complexity index is 1030. The first-order valence-electron chi connectivity index (χ1n) is 10.1. The van der Waals surface area contributed by atoms with Crippen molar-refractivity contribution in [2.75, 3.05) is 26.2 Å². The van der Waals surface area contributed by atoms with Gasteiger partial charge in [0.2, 0.25) is 5.91 Å². The van der Waals surface area contributed by atoms with E-state index in [0.717, 1.165) is 38.4 Å². The van der Waals surface area contributed by atoms with Crippen LogP contribution in [0, 0.1) is 0 Å². The van der Waals surface area contributed by atoms with Crippen LogP contribution in [0.2, 0.25) is 0 Å². The Morgan fingerprint density at radius 1 is 1.03 bits per heavy atom. The van der Waals surface area contributed by atoms with Gasteiger partial charge in [0.05, 0.1) is 16.6 Å². The Morgan fingerprint density at radius 2 is 1.83 bits per heavy atom. The summed E-state index contributed by atoms with van der Waals surface area (Å²) in [4.78, 5) is 40.6. The van der Waals surface area contributed by atoms with Crippen molar-refractivity contribution in [2.45, 2.75) is 25.8 Å². The number of aromatic nitrogens is 3. The maximum Gasteiger partial charge on any atom is 0.258 e. The molecular formula is C22H25N5O2. The van der Waals surface area contributed by atoms with E-state index < -0.39 is 0 Å². The molecule has 0 unspecified atom stereocenters. The predicted octanol–water partition coefficient (Wildman–Crippen LogP) is 1.99. The summed E-state index contributed by atoms with van der Waals surface area (Å²) in [5.41, 5.74) is 1.63. The van der Waals surface area contributed by atoms with Crippen LogP contribution in [0.4, 0.5) is 0 Å². The van der Waals surface area contributed by atoms with Crippen molar-refractivity contribution in [1.29, 1.82) is 0 Å². The summed E-state index contributed by atoms with van der Waals surface area (Å²) in [6.45, 7) is 4.04. The molecule has 1 fully saturated rings. The molecule has 0 aliphatic carbocycles. The molecule has 1 aromatic carbocycles. The van der Waals surface area contributed by atoms with Crippen molar-refractivity contribution in [1.82, 2.24) is 24.8 Å². The lowest BCUT2D eigenvalue weighted by molar-refractivity contribution is -0.133. The second-order valence-corrected chi connectivity index (χ2v) is 7.36. The average Bonchev–Trinajstić information content (AvgIpc) is 2.75. The molecule has 3 heterocycles. The number of fused-ring (bicyclic) bond motifs is 1. The van der Waals surface area contributed by atoms with Crippen LogP contribution in [0.5, 0.6) is 0 Å². The minimum absolute atomic E-state index is 0.124. The number of benzene rings is 1. The quantitative estimate of drug-likeness (QED) is 0.695. The summed E-state index contributed by atoms with van der Waals surface area (Å²) in [6.07, 6.45) is 3.54. The van der Waals surface area contributed by atoms with Gasteiger partial charge in [-0.3, -0.25) is 19.5 Å². The highest BCUT2D eigenvalue weighted by atomic mass is 16.2. The van der Waals surface area contributed by atoms with Crippen molar-refractivity contribution in [3.05, 3.63) is 70.5 Å². The number of rotatable bonds is 6. The molecule has 0 bridgehead atoms. The van der Waals surface area contributed by atoms with Gasteiger partial charge in [-0.15, -0.1) is 0 Å². The van der Waals surface area contributed by atoms with Crippen LogP contribution in [-0.4, -0.2) is 56.8 Å². The fraction of sp³-hybridized carbons (Fsp3) is 0.364. The second-order valence-electron chi connectivity index (χ2n) is 7.36. The van der Waals surface area contributed by atoms with Crippen molar-refractivity contribution < 1.29 is 4.79 Å². The van der Waals surface area contributed by atoms with Crippen LogP contribution in [0.3, 0.4) is 0 Å². The van der Waals surface area contributed by atoms with Gasteiger partial charge in [-0.2, -0.15) is 0 Å². The van der Waals surface area contributed by atoms with Gasteiger partial charge in [0, 0.05) is 51.8 Å². The molecule has 2 aromatic heterocycles. The molecule has 7 nitrogen and oxygen atoms in total. The van der Waals surface area contributed by atoms with Crippen molar-refractivity contribution >= 4 is 16.8 Å². The highest BCUT2D eigenvalue weighted by Gasteiger charge is 2.21. The smallest absolute Gasteiger partial charge is 0.258 e. The molecular weight excluding hydrogens is 366 g/mol. The van der Waals surface area contributed by atoms with Crippen molar-refractivity contribution in [3.63, 3.8) is 0 Å². The number of hydrogen-bond donors (Lipinski definition) is 1. The zero-order valence-corrected chi connectivity index (χ0v) is 16.4. The van der Waals surface area contributed by atoms with Gasteiger partial charge in [-0.1, -0.05) is 18.2 Å². The molecule has 7 heteroatoms. The second kappa shape index (κ2) is 8.96. The number of nitrogens with zero attached hydrogens (tertiary/aromatic N) is 4. The Balaban J connectivity index is 1.24. The average molecular weight is 391 g/mol. The molecule has 1 N–H and O–H groups in total. The van der Waals surface area contributed by atoms with Gasteiger partial charge in [0.15, 0.2) is 0 Å². The summed E-state index contributed by atoms with van der Waals surface area (Å²) < 4.78 is 0. The standard InChI is InChI=1S/C22H25N5O2/c28-21(27-14-12-26(13-15-27)16-17-6-3-4-11-23-17)10-5-9-20-24-19-8-2-1-7-18(19)22(29)25-20/h1-4,6-8,11H,5,9-10,12-16H2,(H,24,25,29). The SMILES string of the molecule is O=C(CCCc1nc2ccccc2c(=O)[nH]1)N1CCN(Cc2ccccn2)CC1. The topological polar surface area (TPSA) is 82.2 Å². The van der Waals surface area contributed by atoms with E-state index in [1.54, 1.807) is 6.07 Å². The molecule has 1 aliphatic heterocycles. The third kappa shape index (κ3) is 4.86. The Kier molecular flexibility index (Phi) is 5.95. The van der Waals surface area contributed by atoms with Gasteiger partial charge < -0.3 is 9.88 Å². The molecule has 1 saturated heterocycles. The summed E-state index contributed by atoms with van der Waals surface area (Å²) in [5, 5.41) is 0.593. The number of para-hydroxylation sites is 1. The third-order valence-electron chi connectivity index (χ3n) is 5.30. The Morgan fingerprint density at radius 3 is 2.62 bits per heavy atom. The molecule has 4 rings (SSSR count). The highest BCUT2D eigenvalue weighted by molar-refractivity contribution is 5.77. The number of pyridine rings is 1. The summed E-state index contributed by atoms with van der Waals surface area (Å²) in [7, 11) is 0. The largest absolute Gasteiger partial charge is 0.340 e. The number of hydrogen-bond acceptors (Lipinski definition) is 5. The number of H-pyrrole nitrogens is 1. The fourth-order valence-corrected chi connectivity index (χ4v) is 3.69. The molecule has 29 heavy (non-hydrogen) atoms. The van der Waals surface area contributed by atoms with Crippen molar-refractivity contribution in [3.8, 4) is 0 Å². The van der Waals surface area contributed by atoms with E-state index in [9.17, 15) is 9.59 Å². The lowest BCUT2D eigenvalue weighted by Gasteiger charge is -2.34. The predicted molar refractivity (Wildman–Crippen MR) is 111 cm³/mol. The van der Waals surface area contributed by atoms with E-state index in [0.29, 0.717) is 36.0 Å². The zero-order valence-electron chi connectivity index (χ0n) is 16.4. The number of carbonyl (C=O) groups excluding carboxylic acids is 1. The van der Waals surface area contributed by atoms with Gasteiger partial charge in [-0.25, -0.2) is 4.98 Å². The molecule has 3 aromatic rings. The van der Waals surface area contributed by atoms with Crippen LogP contribution < -0.4 is 5.56 Å². The molecule has 150 valence electrons. The van der Waals surface area contributed by atoms with Gasteiger partial charge in [0.25, 0.3) is 5.56 Å². The zero-order chi connectivity index (χ0) is 20.1. The summed E-state index contributed by atoms with van der Waals surface area (Å²) in [5.74, 6) is 0.812. The molecule has 1 aliphatic rings. The number of piperazine rings is 1. The Labute approximate surface area is 169 Å².